The van der Waals surface area contributed by atoms with E-state index in [1.807, 2.05) is 0 Å². The molecule has 0 saturated heterocycles. The molecule has 1 saturated carbocycles. The third-order valence-corrected chi connectivity index (χ3v) is 7.63. The highest BCUT2D eigenvalue weighted by Gasteiger charge is 2.46. The number of halogens is 10. The van der Waals surface area contributed by atoms with Crippen molar-refractivity contribution < 1.29 is 58.2 Å². The second-order valence-electron chi connectivity index (χ2n) is 11.1. The molecule has 1 fully saturated rings. The smallest absolute Gasteiger partial charge is 0.428 e. The average Bonchev–Trinajstić information content (AvgIpc) is 3.81. The Balaban J connectivity index is 1.70. The molecule has 3 aromatic carbocycles. The molecule has 2 atom stereocenters. The Morgan fingerprint density at radius 2 is 1.60 bits per heavy atom. The molecule has 5 rings (SSSR count). The topological polar surface area (TPSA) is 47.6 Å². The summed E-state index contributed by atoms with van der Waals surface area (Å²) in [4.78, 5) is 13.8. The van der Waals surface area contributed by atoms with Crippen molar-refractivity contribution >= 4 is 5.91 Å². The van der Waals surface area contributed by atoms with Crippen LogP contribution < -0.4 is 10.1 Å². The normalized spacial score (nSPS) is 18.3. The van der Waals surface area contributed by atoms with Gasteiger partial charge < -0.3 is 14.8 Å². The Morgan fingerprint density at radius 3 is 2.23 bits per heavy atom. The fourth-order valence-electron chi connectivity index (χ4n) is 5.24. The molecule has 0 radical (unpaired) electrons. The van der Waals surface area contributed by atoms with Crippen LogP contribution in [0, 0.1) is 11.6 Å². The van der Waals surface area contributed by atoms with Crippen molar-refractivity contribution in [1.82, 2.24) is 5.32 Å². The fraction of sp³-hybridized carbons (Fsp3) is 0.303. The van der Waals surface area contributed by atoms with E-state index < -0.39 is 70.6 Å². The van der Waals surface area contributed by atoms with Gasteiger partial charge >= 0.3 is 18.7 Å². The molecule has 47 heavy (non-hydrogen) atoms. The molecule has 0 bridgehead atoms. The Labute approximate surface area is 261 Å². The lowest BCUT2D eigenvalue weighted by Crippen LogP contribution is -2.50. The second kappa shape index (κ2) is 13.1. The van der Waals surface area contributed by atoms with Gasteiger partial charge in [0.2, 0.25) is 0 Å². The number of allylic oxidation sites excluding steroid dienone is 2. The first-order valence-corrected chi connectivity index (χ1v) is 14.2. The molecule has 3 aromatic rings. The molecule has 0 heterocycles. The van der Waals surface area contributed by atoms with Gasteiger partial charge in [-0.3, -0.25) is 4.79 Å². The quantitative estimate of drug-likeness (QED) is 0.207. The third-order valence-electron chi connectivity index (χ3n) is 7.63. The highest BCUT2D eigenvalue weighted by molar-refractivity contribution is 5.95. The molecule has 14 heteroatoms. The average molecular weight is 674 g/mol. The second-order valence-corrected chi connectivity index (χ2v) is 11.1. The summed E-state index contributed by atoms with van der Waals surface area (Å²) in [6.07, 6.45) is -13.2. The van der Waals surface area contributed by atoms with Crippen LogP contribution in [-0.4, -0.2) is 30.6 Å². The van der Waals surface area contributed by atoms with Gasteiger partial charge in [0.1, 0.15) is 29.3 Å². The van der Waals surface area contributed by atoms with Crippen molar-refractivity contribution in [2.45, 2.75) is 62.1 Å². The van der Waals surface area contributed by atoms with Crippen LogP contribution >= 0.6 is 0 Å². The van der Waals surface area contributed by atoms with E-state index in [-0.39, 0.29) is 36.1 Å². The Hall–Kier alpha value is -4.33. The highest BCUT2D eigenvalue weighted by Crippen LogP contribution is 2.43. The number of benzene rings is 3. The molecule has 1 unspecified atom stereocenters. The number of nitrogens with one attached hydrogen (secondary N) is 1. The van der Waals surface area contributed by atoms with Crippen LogP contribution in [0.5, 0.6) is 5.75 Å². The van der Waals surface area contributed by atoms with E-state index in [0.29, 0.717) is 30.5 Å². The Kier molecular flexibility index (Phi) is 9.45. The first-order valence-electron chi connectivity index (χ1n) is 14.2. The molecule has 0 spiro atoms. The monoisotopic (exact) mass is 673 g/mol. The first-order chi connectivity index (χ1) is 22.1. The lowest BCUT2D eigenvalue weighted by molar-refractivity contribution is -0.253. The SMILES string of the molecule is O=C(N[C@](Cc1ccccc1)(C1=CC=C(F)C(OC2CC2)C1)c1cc(F)cc(OC(F)(F)C(F)F)c1)c1ccc(F)c(C(F)(F)F)c1. The number of ether oxygens (including phenoxy) is 2. The highest BCUT2D eigenvalue weighted by atomic mass is 19.4. The maximum absolute atomic E-state index is 15.1. The van der Waals surface area contributed by atoms with Crippen LogP contribution in [0.1, 0.15) is 46.3 Å². The summed E-state index contributed by atoms with van der Waals surface area (Å²) in [5, 5.41) is 2.56. The number of amides is 1. The molecular formula is C33H25F10NO3. The summed E-state index contributed by atoms with van der Waals surface area (Å²) >= 11 is 0. The Morgan fingerprint density at radius 1 is 0.894 bits per heavy atom. The number of hydrogen-bond donors (Lipinski definition) is 1. The zero-order valence-corrected chi connectivity index (χ0v) is 24.1. The van der Waals surface area contributed by atoms with E-state index in [1.165, 1.54) is 6.08 Å². The number of hydrogen-bond acceptors (Lipinski definition) is 3. The molecule has 2 aliphatic rings. The molecule has 250 valence electrons. The number of carbonyl (C=O) groups is 1. The van der Waals surface area contributed by atoms with E-state index in [1.54, 1.807) is 30.3 Å². The van der Waals surface area contributed by atoms with Crippen LogP contribution in [0.15, 0.2) is 90.3 Å². The zero-order chi connectivity index (χ0) is 34.1. The lowest BCUT2D eigenvalue weighted by Gasteiger charge is -2.40. The first kappa shape index (κ1) is 34.0. The van der Waals surface area contributed by atoms with Crippen LogP contribution in [0.3, 0.4) is 0 Å². The number of rotatable bonds is 11. The lowest BCUT2D eigenvalue weighted by atomic mass is 9.74. The van der Waals surface area contributed by atoms with E-state index in [2.05, 4.69) is 10.1 Å². The summed E-state index contributed by atoms with van der Waals surface area (Å²) in [7, 11) is 0. The van der Waals surface area contributed by atoms with Crippen molar-refractivity contribution in [3.8, 4) is 5.75 Å². The maximum Gasteiger partial charge on any atom is 0.461 e. The molecule has 4 nitrogen and oxygen atoms in total. The maximum atomic E-state index is 15.1. The van der Waals surface area contributed by atoms with Crippen molar-refractivity contribution in [1.29, 1.82) is 0 Å². The van der Waals surface area contributed by atoms with Crippen molar-refractivity contribution in [3.63, 3.8) is 0 Å². The van der Waals surface area contributed by atoms with E-state index in [9.17, 15) is 44.3 Å². The zero-order valence-electron chi connectivity index (χ0n) is 24.1. The summed E-state index contributed by atoms with van der Waals surface area (Å²) in [6.45, 7) is 0. The minimum atomic E-state index is -5.19. The van der Waals surface area contributed by atoms with Crippen LogP contribution in [0.25, 0.3) is 0 Å². The van der Waals surface area contributed by atoms with Gasteiger partial charge in [-0.1, -0.05) is 36.4 Å². The summed E-state index contributed by atoms with van der Waals surface area (Å²) in [5.41, 5.74) is -4.36. The predicted octanol–water partition coefficient (Wildman–Crippen LogP) is 8.82. The standard InChI is InChI=1S/C33H25F10NO3/c34-22-13-21(14-24(16-22)47-33(42,43)30(37)38)31(17-18-4-2-1-3-5-18,20-7-11-27(36)28(15-20)46-23-8-9-23)44-29(45)19-6-10-26(35)25(12-19)32(39,40)41/h1-7,10-14,16,23,28,30H,8-9,15,17H2,(H,44,45)/t28?,31-/m1/s1. The van der Waals surface area contributed by atoms with Crippen molar-refractivity contribution in [3.05, 3.63) is 124 Å². The van der Waals surface area contributed by atoms with Crippen molar-refractivity contribution in [2.75, 3.05) is 0 Å². The third kappa shape index (κ3) is 7.80. The summed E-state index contributed by atoms with van der Waals surface area (Å²) in [5.74, 6) is -5.94. The summed E-state index contributed by atoms with van der Waals surface area (Å²) in [6, 6.07) is 11.4. The molecule has 1 N–H and O–H groups in total. The summed E-state index contributed by atoms with van der Waals surface area (Å²) < 4.78 is 149. The molecular weight excluding hydrogens is 648 g/mol. The van der Waals surface area contributed by atoms with Gasteiger partial charge in [0, 0.05) is 24.5 Å². The van der Waals surface area contributed by atoms with Gasteiger partial charge in [-0.25, -0.2) is 13.2 Å². The van der Waals surface area contributed by atoms with Gasteiger partial charge in [0.25, 0.3) is 5.91 Å². The predicted molar refractivity (Wildman–Crippen MR) is 148 cm³/mol. The van der Waals surface area contributed by atoms with Gasteiger partial charge in [-0.15, -0.1) is 0 Å². The fourth-order valence-corrected chi connectivity index (χ4v) is 5.24. The molecule has 0 aromatic heterocycles. The van der Waals surface area contributed by atoms with E-state index >= 15 is 4.39 Å². The number of alkyl halides is 7. The van der Waals surface area contributed by atoms with Gasteiger partial charge in [0.05, 0.1) is 17.2 Å². The number of carbonyl (C=O) groups excluding carboxylic acids is 1. The van der Waals surface area contributed by atoms with E-state index in [0.717, 1.165) is 24.3 Å². The van der Waals surface area contributed by atoms with Crippen LogP contribution in [-0.2, 0) is 22.9 Å². The van der Waals surface area contributed by atoms with Crippen LogP contribution in [0.4, 0.5) is 43.9 Å². The van der Waals surface area contributed by atoms with Gasteiger partial charge in [0.15, 0.2) is 0 Å². The molecule has 1 amide bonds. The Bertz CT molecular complexity index is 1690. The molecule has 2 aliphatic carbocycles. The van der Waals surface area contributed by atoms with Gasteiger partial charge in [-0.05, 0) is 65.9 Å². The molecule has 0 aliphatic heterocycles. The van der Waals surface area contributed by atoms with Crippen molar-refractivity contribution in [2.24, 2.45) is 0 Å². The van der Waals surface area contributed by atoms with Gasteiger partial charge in [-0.2, -0.15) is 30.7 Å². The minimum Gasteiger partial charge on any atom is -0.428 e. The van der Waals surface area contributed by atoms with E-state index in [4.69, 9.17) is 4.74 Å². The largest absolute Gasteiger partial charge is 0.461 e. The van der Waals surface area contributed by atoms with Crippen LogP contribution in [0.2, 0.25) is 0 Å². The minimum absolute atomic E-state index is 0.0945.